The summed E-state index contributed by atoms with van der Waals surface area (Å²) in [6.07, 6.45) is 0.903. The van der Waals surface area contributed by atoms with Gasteiger partial charge in [0.2, 0.25) is 5.91 Å². The van der Waals surface area contributed by atoms with Gasteiger partial charge < -0.3 is 15.4 Å². The maximum Gasteiger partial charge on any atom is 0.239 e. The van der Waals surface area contributed by atoms with Crippen LogP contribution in [0.2, 0.25) is 0 Å². The van der Waals surface area contributed by atoms with Gasteiger partial charge in [-0.15, -0.1) is 12.4 Å². The molecule has 2 atom stereocenters. The van der Waals surface area contributed by atoms with E-state index in [9.17, 15) is 4.79 Å². The highest BCUT2D eigenvalue weighted by Crippen LogP contribution is 2.16. The van der Waals surface area contributed by atoms with E-state index in [1.165, 1.54) is 0 Å². The number of amides is 1. The fourth-order valence-corrected chi connectivity index (χ4v) is 1.87. The summed E-state index contributed by atoms with van der Waals surface area (Å²) in [6.45, 7) is 7.06. The second-order valence-corrected chi connectivity index (χ2v) is 5.29. The van der Waals surface area contributed by atoms with Crippen LogP contribution in [-0.4, -0.2) is 37.0 Å². The number of rotatable bonds is 7. The molecule has 0 fully saturated rings. The first kappa shape index (κ1) is 19.7. The molecule has 1 aromatic carbocycles. The number of likely N-dealkylation sites (N-methyl/N-ethyl adjacent to an activating group) is 1. The zero-order valence-corrected chi connectivity index (χ0v) is 14.2. The van der Waals surface area contributed by atoms with Crippen LogP contribution in [0.25, 0.3) is 0 Å². The van der Waals surface area contributed by atoms with Gasteiger partial charge in [-0.1, -0.05) is 38.5 Å². The molecule has 0 aliphatic heterocycles. The Bertz CT molecular complexity index is 440. The molecule has 0 spiro atoms. The fourth-order valence-electron chi connectivity index (χ4n) is 1.87. The lowest BCUT2D eigenvalue weighted by molar-refractivity contribution is -0.132. The second kappa shape index (κ2) is 9.64. The smallest absolute Gasteiger partial charge is 0.239 e. The molecule has 1 amide bonds. The summed E-state index contributed by atoms with van der Waals surface area (Å²) in [6, 6.07) is 7.42. The van der Waals surface area contributed by atoms with Crippen LogP contribution >= 0.6 is 12.4 Å². The molecule has 0 radical (unpaired) electrons. The van der Waals surface area contributed by atoms with Gasteiger partial charge in [-0.05, 0) is 24.5 Å². The summed E-state index contributed by atoms with van der Waals surface area (Å²) in [4.78, 5) is 13.7. The third-order valence-electron chi connectivity index (χ3n) is 3.70. The lowest BCUT2D eigenvalue weighted by Crippen LogP contribution is -2.46. The lowest BCUT2D eigenvalue weighted by atomic mass is 9.99. The van der Waals surface area contributed by atoms with Crippen LogP contribution in [0.5, 0.6) is 5.75 Å². The van der Waals surface area contributed by atoms with Crippen molar-refractivity contribution in [1.82, 2.24) is 4.90 Å². The van der Waals surface area contributed by atoms with Crippen molar-refractivity contribution in [1.29, 1.82) is 0 Å². The van der Waals surface area contributed by atoms with Crippen molar-refractivity contribution in [2.24, 2.45) is 11.7 Å². The number of carbonyl (C=O) groups is 1. The Morgan fingerprint density at radius 1 is 1.38 bits per heavy atom. The number of nitrogens with two attached hydrogens (primary N) is 1. The van der Waals surface area contributed by atoms with Gasteiger partial charge in [-0.25, -0.2) is 0 Å². The van der Waals surface area contributed by atoms with E-state index in [4.69, 9.17) is 10.5 Å². The van der Waals surface area contributed by atoms with E-state index in [0.29, 0.717) is 13.2 Å². The molecule has 0 heterocycles. The summed E-state index contributed by atoms with van der Waals surface area (Å²) in [5.74, 6) is 1.04. The Balaban J connectivity index is 0.00000400. The van der Waals surface area contributed by atoms with Gasteiger partial charge >= 0.3 is 0 Å². The molecule has 0 saturated carbocycles. The van der Waals surface area contributed by atoms with Crippen molar-refractivity contribution < 1.29 is 9.53 Å². The molecule has 1 aromatic rings. The van der Waals surface area contributed by atoms with Crippen molar-refractivity contribution in [3.8, 4) is 5.75 Å². The van der Waals surface area contributed by atoms with Gasteiger partial charge in [0.05, 0.1) is 12.6 Å². The van der Waals surface area contributed by atoms with E-state index in [1.54, 1.807) is 11.9 Å². The third kappa shape index (κ3) is 5.94. The average Bonchev–Trinajstić information content (AvgIpc) is 2.46. The molecule has 21 heavy (non-hydrogen) atoms. The van der Waals surface area contributed by atoms with Gasteiger partial charge in [-0.2, -0.15) is 0 Å². The summed E-state index contributed by atoms with van der Waals surface area (Å²) in [7, 11) is 1.77. The van der Waals surface area contributed by atoms with E-state index >= 15 is 0 Å². The average molecular weight is 315 g/mol. The van der Waals surface area contributed by atoms with Gasteiger partial charge in [0.1, 0.15) is 12.4 Å². The number of hydrogen-bond donors (Lipinski definition) is 1. The Morgan fingerprint density at radius 3 is 2.57 bits per heavy atom. The first-order valence-electron chi connectivity index (χ1n) is 7.16. The van der Waals surface area contributed by atoms with E-state index in [0.717, 1.165) is 17.7 Å². The third-order valence-corrected chi connectivity index (χ3v) is 3.70. The molecule has 4 nitrogen and oxygen atoms in total. The Hall–Kier alpha value is -1.26. The molecule has 120 valence electrons. The summed E-state index contributed by atoms with van der Waals surface area (Å²) in [5, 5.41) is 0. The van der Waals surface area contributed by atoms with Crippen molar-refractivity contribution in [2.45, 2.75) is 33.2 Å². The Kier molecular flexibility index (Phi) is 9.06. The summed E-state index contributed by atoms with van der Waals surface area (Å²) < 4.78 is 5.69. The van der Waals surface area contributed by atoms with Crippen LogP contribution in [0.15, 0.2) is 24.3 Å². The number of ether oxygens (including phenoxy) is 1. The summed E-state index contributed by atoms with van der Waals surface area (Å²) >= 11 is 0. The molecular weight excluding hydrogens is 288 g/mol. The maximum absolute atomic E-state index is 12.1. The number of nitrogens with zero attached hydrogens (tertiary/aromatic N) is 1. The number of halogens is 1. The molecular formula is C16H27ClN2O2. The quantitative estimate of drug-likeness (QED) is 0.841. The molecule has 0 aliphatic carbocycles. The monoisotopic (exact) mass is 314 g/mol. The predicted molar refractivity (Wildman–Crippen MR) is 89.0 cm³/mol. The Morgan fingerprint density at radius 2 is 2.00 bits per heavy atom. The number of carbonyl (C=O) groups excluding carboxylic acids is 1. The second-order valence-electron chi connectivity index (χ2n) is 5.29. The first-order valence-corrected chi connectivity index (χ1v) is 7.16. The maximum atomic E-state index is 12.1. The number of benzene rings is 1. The highest BCUT2D eigenvalue weighted by Gasteiger charge is 2.22. The van der Waals surface area contributed by atoms with Crippen LogP contribution in [0.1, 0.15) is 25.8 Å². The van der Waals surface area contributed by atoms with Gasteiger partial charge in [-0.3, -0.25) is 4.79 Å². The van der Waals surface area contributed by atoms with E-state index < -0.39 is 6.04 Å². The largest absolute Gasteiger partial charge is 0.491 e. The van der Waals surface area contributed by atoms with Crippen molar-refractivity contribution in [3.05, 3.63) is 29.8 Å². The van der Waals surface area contributed by atoms with Crippen LogP contribution in [0.4, 0.5) is 0 Å². The minimum absolute atomic E-state index is 0. The van der Waals surface area contributed by atoms with Crippen molar-refractivity contribution in [3.63, 3.8) is 0 Å². The SMILES string of the molecule is CCC(C)C(N)C(=O)N(C)CCOc1ccccc1C.Cl. The van der Waals surface area contributed by atoms with Gasteiger partial charge in [0, 0.05) is 7.05 Å². The molecule has 1 rings (SSSR count). The minimum Gasteiger partial charge on any atom is -0.491 e. The van der Waals surface area contributed by atoms with Gasteiger partial charge in [0.25, 0.3) is 0 Å². The zero-order valence-electron chi connectivity index (χ0n) is 13.3. The lowest BCUT2D eigenvalue weighted by Gasteiger charge is -2.24. The molecule has 2 unspecified atom stereocenters. The topological polar surface area (TPSA) is 55.6 Å². The first-order chi connectivity index (χ1) is 9.47. The number of para-hydroxylation sites is 1. The van der Waals surface area contributed by atoms with Crippen LogP contribution in [0.3, 0.4) is 0 Å². The molecule has 0 saturated heterocycles. The van der Waals surface area contributed by atoms with Crippen LogP contribution in [-0.2, 0) is 4.79 Å². The highest BCUT2D eigenvalue weighted by molar-refractivity contribution is 5.85. The van der Waals surface area contributed by atoms with Crippen molar-refractivity contribution >= 4 is 18.3 Å². The minimum atomic E-state index is -0.427. The molecule has 2 N–H and O–H groups in total. The molecule has 0 bridgehead atoms. The fraction of sp³-hybridized carbons (Fsp3) is 0.562. The Labute approximate surface area is 134 Å². The zero-order chi connectivity index (χ0) is 15.1. The summed E-state index contributed by atoms with van der Waals surface area (Å²) in [5.41, 5.74) is 7.04. The number of aryl methyl sites for hydroxylation is 1. The highest BCUT2D eigenvalue weighted by atomic mass is 35.5. The van der Waals surface area contributed by atoms with E-state index in [-0.39, 0.29) is 24.2 Å². The molecule has 5 heteroatoms. The predicted octanol–water partition coefficient (Wildman–Crippen LogP) is 2.63. The number of hydrogen-bond acceptors (Lipinski definition) is 3. The molecule has 0 aromatic heterocycles. The molecule has 0 aliphatic rings. The van der Waals surface area contributed by atoms with Crippen LogP contribution < -0.4 is 10.5 Å². The van der Waals surface area contributed by atoms with E-state index in [1.807, 2.05) is 45.0 Å². The normalized spacial score (nSPS) is 13.0. The van der Waals surface area contributed by atoms with E-state index in [2.05, 4.69) is 0 Å². The van der Waals surface area contributed by atoms with Gasteiger partial charge in [0.15, 0.2) is 0 Å². The van der Waals surface area contributed by atoms with Crippen LogP contribution in [0, 0.1) is 12.8 Å². The van der Waals surface area contributed by atoms with Crippen molar-refractivity contribution in [2.75, 3.05) is 20.2 Å². The standard InChI is InChI=1S/C16H26N2O2.ClH/c1-5-12(2)15(17)16(19)18(4)10-11-20-14-9-7-6-8-13(14)3;/h6-9,12,15H,5,10-11,17H2,1-4H3;1H.